The molecule has 2 aromatic heterocycles. The van der Waals surface area contributed by atoms with Gasteiger partial charge in [-0.25, -0.2) is 0 Å². The second-order valence-corrected chi connectivity index (χ2v) is 11.0. The average molecular weight is 579 g/mol. The fraction of sp³-hybridized carbons (Fsp3) is 0.267. The third-order valence-electron chi connectivity index (χ3n) is 7.56. The summed E-state index contributed by atoms with van der Waals surface area (Å²) < 4.78 is 7.69. The molecule has 2 aliphatic rings. The second-order valence-electron chi connectivity index (χ2n) is 9.85. The van der Waals surface area contributed by atoms with Crippen LogP contribution in [0.2, 0.25) is 10.0 Å². The number of ether oxygens (including phenoxy) is 1. The summed E-state index contributed by atoms with van der Waals surface area (Å²) in [6.07, 6.45) is 1.83. The summed E-state index contributed by atoms with van der Waals surface area (Å²) in [5.41, 5.74) is 7.28. The fourth-order valence-corrected chi connectivity index (χ4v) is 6.44. The molecule has 2 fully saturated rings. The molecule has 2 aromatic carbocycles. The van der Waals surface area contributed by atoms with Crippen molar-refractivity contribution in [1.29, 1.82) is 0 Å². The molecule has 0 amide bonds. The van der Waals surface area contributed by atoms with Crippen LogP contribution in [0, 0.1) is 13.8 Å². The van der Waals surface area contributed by atoms with Crippen LogP contribution in [0.5, 0.6) is 0 Å². The molecule has 2 aliphatic heterocycles. The van der Waals surface area contributed by atoms with Gasteiger partial charge in [0.25, 0.3) is 0 Å². The van der Waals surface area contributed by atoms with Crippen LogP contribution in [0.3, 0.4) is 0 Å². The van der Waals surface area contributed by atoms with Crippen LogP contribution in [0.1, 0.15) is 34.7 Å². The number of hydrogen-bond acceptors (Lipinski definition) is 4. The molecule has 0 bridgehead atoms. The molecular weight excluding hydrogens is 549 g/mol. The minimum atomic E-state index is -0.138. The first-order chi connectivity index (χ1) is 18.9. The molecule has 2 saturated heterocycles. The lowest BCUT2D eigenvalue weighted by Gasteiger charge is -2.31. The zero-order valence-corrected chi connectivity index (χ0v) is 24.1. The molecule has 0 aliphatic carbocycles. The van der Waals surface area contributed by atoms with Crippen LogP contribution in [0.4, 0.5) is 11.4 Å². The SMILES string of the molecule is Cc1cc([C@H]2[C@@H](c3ccccn3)NC(=S)N2c2ccc(N3CCOCC3)cc2)c(C)n1-c1cccc(Cl)c1Cl. The van der Waals surface area contributed by atoms with Crippen molar-refractivity contribution in [2.75, 3.05) is 36.1 Å². The number of benzene rings is 2. The molecule has 4 heterocycles. The predicted molar refractivity (Wildman–Crippen MR) is 163 cm³/mol. The minimum Gasteiger partial charge on any atom is -0.378 e. The van der Waals surface area contributed by atoms with Crippen LogP contribution < -0.4 is 15.1 Å². The van der Waals surface area contributed by atoms with Crippen molar-refractivity contribution < 1.29 is 4.74 Å². The molecule has 6 rings (SSSR count). The molecule has 0 spiro atoms. The Balaban J connectivity index is 1.45. The van der Waals surface area contributed by atoms with E-state index in [1.165, 1.54) is 5.69 Å². The Bertz CT molecular complexity index is 1500. The van der Waals surface area contributed by atoms with E-state index in [2.05, 4.69) is 63.9 Å². The number of aryl methyl sites for hydroxylation is 1. The summed E-state index contributed by atoms with van der Waals surface area (Å²) in [6, 6.07) is 22.3. The molecule has 9 heteroatoms. The average Bonchev–Trinajstić information content (AvgIpc) is 3.46. The highest BCUT2D eigenvalue weighted by atomic mass is 35.5. The number of nitrogens with zero attached hydrogens (tertiary/aromatic N) is 4. The summed E-state index contributed by atoms with van der Waals surface area (Å²) in [4.78, 5) is 9.27. The van der Waals surface area contributed by atoms with Gasteiger partial charge in [0, 0.05) is 42.0 Å². The van der Waals surface area contributed by atoms with E-state index >= 15 is 0 Å². The van der Waals surface area contributed by atoms with Crippen molar-refractivity contribution in [1.82, 2.24) is 14.9 Å². The molecule has 0 radical (unpaired) electrons. The van der Waals surface area contributed by atoms with E-state index in [1.54, 1.807) is 6.07 Å². The van der Waals surface area contributed by atoms with Crippen molar-refractivity contribution >= 4 is 51.9 Å². The van der Waals surface area contributed by atoms with Gasteiger partial charge < -0.3 is 24.4 Å². The van der Waals surface area contributed by atoms with Gasteiger partial charge in [-0.1, -0.05) is 35.3 Å². The number of morpholine rings is 1. The quantitative estimate of drug-likeness (QED) is 0.263. The smallest absolute Gasteiger partial charge is 0.174 e. The van der Waals surface area contributed by atoms with E-state index in [0.717, 1.165) is 60.3 Å². The number of halogens is 2. The topological polar surface area (TPSA) is 45.6 Å². The third-order valence-corrected chi connectivity index (χ3v) is 8.69. The summed E-state index contributed by atoms with van der Waals surface area (Å²) in [5, 5.41) is 5.30. The minimum absolute atomic E-state index is 0.125. The second kappa shape index (κ2) is 10.8. The molecule has 4 aromatic rings. The van der Waals surface area contributed by atoms with Gasteiger partial charge in [0.1, 0.15) is 0 Å². The standard InChI is InChI=1S/C30H29Cl2N5OS/c1-19-18-23(20(2)36(19)26-8-5-6-24(31)27(26)32)29-28(25-7-3-4-13-33-25)34-30(39)37(29)22-11-9-21(10-12-22)35-14-16-38-17-15-35/h3-13,18,28-29H,14-17H2,1-2H3,(H,34,39)/t28-,29+/m1/s1. The van der Waals surface area contributed by atoms with Crippen molar-refractivity contribution in [2.24, 2.45) is 0 Å². The van der Waals surface area contributed by atoms with E-state index in [4.69, 9.17) is 45.1 Å². The van der Waals surface area contributed by atoms with Gasteiger partial charge in [0.2, 0.25) is 0 Å². The number of aromatic nitrogens is 2. The molecule has 2 atom stereocenters. The largest absolute Gasteiger partial charge is 0.378 e. The van der Waals surface area contributed by atoms with Gasteiger partial charge in [0.15, 0.2) is 5.11 Å². The van der Waals surface area contributed by atoms with Crippen LogP contribution in [-0.2, 0) is 4.74 Å². The molecular formula is C30H29Cl2N5OS. The normalized spacial score (nSPS) is 19.4. The van der Waals surface area contributed by atoms with Crippen molar-refractivity contribution in [2.45, 2.75) is 25.9 Å². The van der Waals surface area contributed by atoms with Crippen LogP contribution >= 0.6 is 35.4 Å². The highest BCUT2D eigenvalue weighted by Gasteiger charge is 2.42. The van der Waals surface area contributed by atoms with Crippen LogP contribution in [0.15, 0.2) is 72.9 Å². The van der Waals surface area contributed by atoms with Gasteiger partial charge in [-0.15, -0.1) is 0 Å². The van der Waals surface area contributed by atoms with Crippen molar-refractivity contribution in [3.05, 3.63) is 106 Å². The summed E-state index contributed by atoms with van der Waals surface area (Å²) in [5.74, 6) is 0. The maximum absolute atomic E-state index is 6.67. The molecule has 0 saturated carbocycles. The number of rotatable bonds is 5. The lowest BCUT2D eigenvalue weighted by atomic mass is 9.96. The Labute approximate surface area is 244 Å². The number of anilines is 2. The Morgan fingerprint density at radius 1 is 0.949 bits per heavy atom. The number of hydrogen-bond donors (Lipinski definition) is 1. The predicted octanol–water partition coefficient (Wildman–Crippen LogP) is 6.81. The van der Waals surface area contributed by atoms with E-state index in [9.17, 15) is 0 Å². The molecule has 200 valence electrons. The number of thiocarbonyl (C=S) groups is 1. The highest BCUT2D eigenvalue weighted by molar-refractivity contribution is 7.80. The number of pyridine rings is 1. The van der Waals surface area contributed by atoms with Crippen LogP contribution in [0.25, 0.3) is 5.69 Å². The summed E-state index contributed by atoms with van der Waals surface area (Å²) in [7, 11) is 0. The Kier molecular flexibility index (Phi) is 7.25. The van der Waals surface area contributed by atoms with Gasteiger partial charge in [-0.2, -0.15) is 0 Å². The lowest BCUT2D eigenvalue weighted by molar-refractivity contribution is 0.122. The molecule has 0 unspecified atom stereocenters. The first-order valence-electron chi connectivity index (χ1n) is 13.0. The third kappa shape index (κ3) is 4.78. The van der Waals surface area contributed by atoms with Gasteiger partial charge >= 0.3 is 0 Å². The Morgan fingerprint density at radius 2 is 1.69 bits per heavy atom. The summed E-state index contributed by atoms with van der Waals surface area (Å²) >= 11 is 19.0. The summed E-state index contributed by atoms with van der Waals surface area (Å²) in [6.45, 7) is 7.50. The maximum Gasteiger partial charge on any atom is 0.174 e. The Hall–Kier alpha value is -3.10. The van der Waals surface area contributed by atoms with Gasteiger partial charge in [-0.05, 0) is 86.2 Å². The number of nitrogens with one attached hydrogen (secondary N) is 1. The first-order valence-corrected chi connectivity index (χ1v) is 14.2. The lowest BCUT2D eigenvalue weighted by Crippen LogP contribution is -2.36. The van der Waals surface area contributed by atoms with Crippen LogP contribution in [-0.4, -0.2) is 41.0 Å². The zero-order chi connectivity index (χ0) is 27.1. The van der Waals surface area contributed by atoms with Crippen molar-refractivity contribution in [3.63, 3.8) is 0 Å². The molecule has 1 N–H and O–H groups in total. The van der Waals surface area contributed by atoms with E-state index < -0.39 is 0 Å². The van der Waals surface area contributed by atoms with Crippen molar-refractivity contribution in [3.8, 4) is 5.69 Å². The van der Waals surface area contributed by atoms with E-state index in [1.807, 2.05) is 36.5 Å². The van der Waals surface area contributed by atoms with E-state index in [-0.39, 0.29) is 12.1 Å². The van der Waals surface area contributed by atoms with Gasteiger partial charge in [0.05, 0.1) is 46.7 Å². The molecule has 6 nitrogen and oxygen atoms in total. The van der Waals surface area contributed by atoms with Gasteiger partial charge in [-0.3, -0.25) is 4.98 Å². The monoisotopic (exact) mass is 577 g/mol. The zero-order valence-electron chi connectivity index (χ0n) is 21.8. The molecule has 39 heavy (non-hydrogen) atoms. The highest BCUT2D eigenvalue weighted by Crippen LogP contribution is 2.44. The fourth-order valence-electron chi connectivity index (χ4n) is 5.72. The van der Waals surface area contributed by atoms with E-state index in [0.29, 0.717) is 15.2 Å². The Morgan fingerprint density at radius 3 is 2.41 bits per heavy atom. The first kappa shape index (κ1) is 26.1. The maximum atomic E-state index is 6.67.